The molecule has 0 atom stereocenters. The fourth-order valence-corrected chi connectivity index (χ4v) is 5.52. The van der Waals surface area contributed by atoms with E-state index < -0.39 is 10.0 Å². The summed E-state index contributed by atoms with van der Waals surface area (Å²) < 4.78 is 0. The first-order valence-electron chi connectivity index (χ1n) is 6.73. The molecular formula is C17H24SSi. The highest BCUT2D eigenvalue weighted by Gasteiger charge is 2.17. The molecule has 102 valence electrons. The van der Waals surface area contributed by atoms with Gasteiger partial charge in [0.15, 0.2) is 0 Å². The van der Waals surface area contributed by atoms with Crippen molar-refractivity contribution in [2.45, 2.75) is 32.1 Å². The minimum atomic E-state index is -0.648. The van der Waals surface area contributed by atoms with Crippen LogP contribution < -0.4 is 5.19 Å². The van der Waals surface area contributed by atoms with Crippen LogP contribution in [0.2, 0.25) is 0 Å². The molecule has 0 saturated carbocycles. The van der Waals surface area contributed by atoms with Gasteiger partial charge in [-0.3, -0.25) is 0 Å². The van der Waals surface area contributed by atoms with Crippen molar-refractivity contribution in [2.24, 2.45) is 0 Å². The molecule has 2 rings (SSSR count). The first-order valence-corrected chi connectivity index (χ1v) is 10.6. The van der Waals surface area contributed by atoms with Crippen molar-refractivity contribution in [3.8, 4) is 0 Å². The van der Waals surface area contributed by atoms with Crippen molar-refractivity contribution in [3.05, 3.63) is 46.2 Å². The van der Waals surface area contributed by atoms with Gasteiger partial charge in [-0.25, -0.2) is 10.0 Å². The minimum Gasteiger partial charge on any atom is -0.223 e. The maximum absolute atomic E-state index is 2.44. The average molecular weight is 289 g/mol. The number of benzene rings is 1. The van der Waals surface area contributed by atoms with Crippen LogP contribution in [0.1, 0.15) is 23.1 Å². The number of hydrogen-bond donors (Lipinski definition) is 0. The Bertz CT molecular complexity index is 560. The predicted molar refractivity (Wildman–Crippen MR) is 91.5 cm³/mol. The Labute approximate surface area is 122 Å². The zero-order chi connectivity index (χ0) is 14.2. The summed E-state index contributed by atoms with van der Waals surface area (Å²) in [6.07, 6.45) is 15.2. The van der Waals surface area contributed by atoms with Crippen molar-refractivity contribution < 1.29 is 0 Å². The third-order valence-electron chi connectivity index (χ3n) is 3.75. The number of hydrogen-bond acceptors (Lipinski definition) is 0. The molecule has 0 unspecified atom stereocenters. The molecule has 0 nitrogen and oxygen atoms in total. The number of aryl methyl sites for hydroxylation is 1. The summed E-state index contributed by atoms with van der Waals surface area (Å²) in [5.74, 6) is 0. The Morgan fingerprint density at radius 3 is 2.26 bits per heavy atom. The molecule has 1 aliphatic carbocycles. The van der Waals surface area contributed by atoms with Gasteiger partial charge >= 0.3 is 0 Å². The van der Waals surface area contributed by atoms with Gasteiger partial charge in [-0.2, -0.15) is 0 Å². The van der Waals surface area contributed by atoms with E-state index in [1.165, 1.54) is 21.9 Å². The lowest BCUT2D eigenvalue weighted by Crippen LogP contribution is -2.24. The summed E-state index contributed by atoms with van der Waals surface area (Å²) in [6, 6.07) is 2.44. The SMILES string of the molecule is Cc1cc(S(C)(C)C)c(C)c(C)c1[Si]C1=CCC=C1. The molecule has 0 N–H and O–H groups in total. The monoisotopic (exact) mass is 288 g/mol. The highest BCUT2D eigenvalue weighted by atomic mass is 32.3. The summed E-state index contributed by atoms with van der Waals surface area (Å²) in [5.41, 5.74) is 4.50. The maximum atomic E-state index is 2.44. The second kappa shape index (κ2) is 5.33. The van der Waals surface area contributed by atoms with Crippen LogP contribution in [0.4, 0.5) is 0 Å². The quantitative estimate of drug-likeness (QED) is 0.741. The van der Waals surface area contributed by atoms with E-state index in [1.807, 2.05) is 0 Å². The van der Waals surface area contributed by atoms with Crippen LogP contribution in [-0.2, 0) is 0 Å². The third kappa shape index (κ3) is 3.06. The molecular weight excluding hydrogens is 264 g/mol. The Hall–Kier alpha value is -0.733. The van der Waals surface area contributed by atoms with Crippen molar-refractivity contribution in [2.75, 3.05) is 18.8 Å². The standard InChI is InChI=1S/C17H24SSi/c1-12-11-16(18(4,5)6)13(2)14(3)17(12)19-15-9-7-8-10-15/h7,9-11H,8H2,1-6H3. The first-order chi connectivity index (χ1) is 8.80. The second-order valence-corrected chi connectivity index (χ2v) is 11.5. The number of allylic oxidation sites excluding steroid dienone is 4. The van der Waals surface area contributed by atoms with E-state index in [0.29, 0.717) is 0 Å². The lowest BCUT2D eigenvalue weighted by Gasteiger charge is -2.30. The van der Waals surface area contributed by atoms with Gasteiger partial charge in [-0.1, -0.05) is 34.2 Å². The van der Waals surface area contributed by atoms with E-state index in [2.05, 4.69) is 63.8 Å². The molecule has 0 saturated heterocycles. The van der Waals surface area contributed by atoms with Crippen LogP contribution in [0, 0.1) is 20.8 Å². The predicted octanol–water partition coefficient (Wildman–Crippen LogP) is 3.84. The molecule has 0 aliphatic heterocycles. The zero-order valence-corrected chi connectivity index (χ0v) is 14.7. The lowest BCUT2D eigenvalue weighted by molar-refractivity contribution is 1.21. The summed E-state index contributed by atoms with van der Waals surface area (Å²) in [5, 5.41) is 3.06. The molecule has 0 amide bonds. The van der Waals surface area contributed by atoms with E-state index in [9.17, 15) is 0 Å². The summed E-state index contributed by atoms with van der Waals surface area (Å²) in [4.78, 5) is 1.58. The molecule has 2 radical (unpaired) electrons. The fourth-order valence-electron chi connectivity index (χ4n) is 2.57. The van der Waals surface area contributed by atoms with E-state index in [0.717, 1.165) is 15.9 Å². The Morgan fingerprint density at radius 1 is 1.05 bits per heavy atom. The summed E-state index contributed by atoms with van der Waals surface area (Å²) in [7, 11) is 0.168. The van der Waals surface area contributed by atoms with Crippen LogP contribution >= 0.6 is 10.0 Å². The highest BCUT2D eigenvalue weighted by molar-refractivity contribution is 8.32. The lowest BCUT2D eigenvalue weighted by atomic mass is 10.1. The molecule has 0 spiro atoms. The topological polar surface area (TPSA) is 0 Å². The summed E-state index contributed by atoms with van der Waals surface area (Å²) in [6.45, 7) is 6.89. The van der Waals surface area contributed by atoms with Gasteiger partial charge in [-0.05, 0) is 68.0 Å². The molecule has 0 aromatic heterocycles. The largest absolute Gasteiger partial charge is 0.223 e. The van der Waals surface area contributed by atoms with E-state index in [1.54, 1.807) is 10.1 Å². The minimum absolute atomic E-state index is 0.648. The van der Waals surface area contributed by atoms with Crippen LogP contribution in [0.5, 0.6) is 0 Å². The smallest absolute Gasteiger partial charge is 0.121 e. The molecule has 0 bridgehead atoms. The van der Waals surface area contributed by atoms with Crippen LogP contribution in [0.3, 0.4) is 0 Å². The van der Waals surface area contributed by atoms with Crippen molar-refractivity contribution >= 4 is 24.7 Å². The van der Waals surface area contributed by atoms with Gasteiger partial charge in [0.2, 0.25) is 0 Å². The van der Waals surface area contributed by atoms with Crippen LogP contribution in [0.15, 0.2) is 34.4 Å². The van der Waals surface area contributed by atoms with Crippen LogP contribution in [-0.4, -0.2) is 28.3 Å². The normalized spacial score (nSPS) is 15.8. The molecule has 19 heavy (non-hydrogen) atoms. The molecule has 2 heteroatoms. The van der Waals surface area contributed by atoms with Gasteiger partial charge < -0.3 is 0 Å². The Morgan fingerprint density at radius 2 is 1.74 bits per heavy atom. The molecule has 0 fully saturated rings. The first kappa shape index (κ1) is 14.7. The van der Waals surface area contributed by atoms with E-state index in [-0.39, 0.29) is 0 Å². The molecule has 1 aromatic rings. The maximum Gasteiger partial charge on any atom is 0.121 e. The van der Waals surface area contributed by atoms with Crippen molar-refractivity contribution in [1.82, 2.24) is 0 Å². The van der Waals surface area contributed by atoms with Gasteiger partial charge in [0.1, 0.15) is 9.52 Å². The second-order valence-electron chi connectivity index (χ2n) is 6.08. The highest BCUT2D eigenvalue weighted by Crippen LogP contribution is 2.47. The third-order valence-corrected chi connectivity index (χ3v) is 7.17. The Balaban J connectivity index is 2.46. The Kier molecular flexibility index (Phi) is 4.12. The molecule has 1 aromatic carbocycles. The fraction of sp³-hybridized carbons (Fsp3) is 0.412. The summed E-state index contributed by atoms with van der Waals surface area (Å²) >= 11 is 0. The average Bonchev–Trinajstić information content (AvgIpc) is 2.80. The van der Waals surface area contributed by atoms with Gasteiger partial charge in [0, 0.05) is 0 Å². The number of rotatable bonds is 3. The molecule has 0 heterocycles. The van der Waals surface area contributed by atoms with Crippen molar-refractivity contribution in [1.29, 1.82) is 0 Å². The van der Waals surface area contributed by atoms with Gasteiger partial charge in [0.05, 0.1) is 0 Å². The van der Waals surface area contributed by atoms with Gasteiger partial charge in [-0.15, -0.1) is 0 Å². The van der Waals surface area contributed by atoms with E-state index >= 15 is 0 Å². The van der Waals surface area contributed by atoms with Crippen molar-refractivity contribution in [3.63, 3.8) is 0 Å². The van der Waals surface area contributed by atoms with Gasteiger partial charge in [0.25, 0.3) is 0 Å². The zero-order valence-electron chi connectivity index (χ0n) is 12.9. The van der Waals surface area contributed by atoms with Crippen LogP contribution in [0.25, 0.3) is 0 Å². The van der Waals surface area contributed by atoms with E-state index in [4.69, 9.17) is 0 Å². The molecule has 1 aliphatic rings.